The van der Waals surface area contributed by atoms with E-state index in [1.165, 1.54) is 6.07 Å². The number of benzene rings is 1. The number of hydrogen-bond donors (Lipinski definition) is 1. The summed E-state index contributed by atoms with van der Waals surface area (Å²) in [6, 6.07) is 4.74. The summed E-state index contributed by atoms with van der Waals surface area (Å²) in [6.45, 7) is 5.14. The van der Waals surface area contributed by atoms with E-state index in [0.29, 0.717) is 0 Å². The molecule has 4 heteroatoms. The molecule has 0 atom stereocenters. The molecule has 1 aromatic carbocycles. The van der Waals surface area contributed by atoms with Gasteiger partial charge in [0, 0.05) is 0 Å². The second-order valence-corrected chi connectivity index (χ2v) is 6.52. The van der Waals surface area contributed by atoms with Gasteiger partial charge in [0.2, 0.25) is 0 Å². The van der Waals surface area contributed by atoms with Crippen LogP contribution in [0.5, 0.6) is 5.75 Å². The quantitative estimate of drug-likeness (QED) is 0.861. The molecule has 1 N–H and O–H groups in total. The first-order valence-electron chi connectivity index (χ1n) is 4.83. The zero-order chi connectivity index (χ0) is 11.6. The SMILES string of the molecule is Cc1cc(O)ccc1CS(=O)(=O)C(C)C. The Labute approximate surface area is 90.7 Å². The summed E-state index contributed by atoms with van der Waals surface area (Å²) in [5.41, 5.74) is 1.56. The van der Waals surface area contributed by atoms with Crippen LogP contribution in [0.15, 0.2) is 18.2 Å². The number of aryl methyl sites for hydroxylation is 1. The van der Waals surface area contributed by atoms with Crippen LogP contribution >= 0.6 is 0 Å². The molecule has 0 saturated carbocycles. The van der Waals surface area contributed by atoms with Crippen LogP contribution in [0.2, 0.25) is 0 Å². The molecular formula is C11H16O3S. The van der Waals surface area contributed by atoms with Crippen LogP contribution in [0, 0.1) is 6.92 Å². The van der Waals surface area contributed by atoms with Gasteiger partial charge < -0.3 is 5.11 Å². The topological polar surface area (TPSA) is 54.4 Å². The third-order valence-corrected chi connectivity index (χ3v) is 4.55. The summed E-state index contributed by atoms with van der Waals surface area (Å²) >= 11 is 0. The fraction of sp³-hybridized carbons (Fsp3) is 0.455. The van der Waals surface area contributed by atoms with Crippen LogP contribution in [-0.2, 0) is 15.6 Å². The van der Waals surface area contributed by atoms with Crippen molar-refractivity contribution in [2.45, 2.75) is 31.8 Å². The van der Waals surface area contributed by atoms with Gasteiger partial charge in [-0.2, -0.15) is 0 Å². The standard InChI is InChI=1S/C11H16O3S/c1-8(2)15(13,14)7-10-4-5-11(12)6-9(10)3/h4-6,8,12H,7H2,1-3H3. The zero-order valence-electron chi connectivity index (χ0n) is 9.19. The van der Waals surface area contributed by atoms with E-state index in [0.717, 1.165) is 11.1 Å². The fourth-order valence-corrected chi connectivity index (χ4v) is 2.32. The van der Waals surface area contributed by atoms with Crippen molar-refractivity contribution >= 4 is 9.84 Å². The van der Waals surface area contributed by atoms with Crippen LogP contribution in [0.25, 0.3) is 0 Å². The molecule has 84 valence electrons. The van der Waals surface area contributed by atoms with Gasteiger partial charge in [-0.1, -0.05) is 6.07 Å². The van der Waals surface area contributed by atoms with Crippen molar-refractivity contribution in [3.8, 4) is 5.75 Å². The van der Waals surface area contributed by atoms with Gasteiger partial charge in [-0.05, 0) is 44.0 Å². The molecule has 0 aromatic heterocycles. The van der Waals surface area contributed by atoms with Crippen molar-refractivity contribution in [2.24, 2.45) is 0 Å². The van der Waals surface area contributed by atoms with Crippen LogP contribution in [0.1, 0.15) is 25.0 Å². The van der Waals surface area contributed by atoms with Crippen LogP contribution in [0.4, 0.5) is 0 Å². The van der Waals surface area contributed by atoms with Gasteiger partial charge >= 0.3 is 0 Å². The monoisotopic (exact) mass is 228 g/mol. The summed E-state index contributed by atoms with van der Waals surface area (Å²) < 4.78 is 23.3. The highest BCUT2D eigenvalue weighted by molar-refractivity contribution is 7.91. The third-order valence-electron chi connectivity index (χ3n) is 2.40. The second kappa shape index (κ2) is 4.23. The average Bonchev–Trinajstić information content (AvgIpc) is 2.09. The largest absolute Gasteiger partial charge is 0.508 e. The average molecular weight is 228 g/mol. The van der Waals surface area contributed by atoms with Gasteiger partial charge in [0.25, 0.3) is 0 Å². The lowest BCUT2D eigenvalue weighted by atomic mass is 10.1. The van der Waals surface area contributed by atoms with Crippen molar-refractivity contribution in [3.63, 3.8) is 0 Å². The Balaban J connectivity index is 3.01. The van der Waals surface area contributed by atoms with E-state index in [1.807, 2.05) is 0 Å². The number of rotatable bonds is 3. The van der Waals surface area contributed by atoms with E-state index in [1.54, 1.807) is 32.9 Å². The predicted octanol–water partition coefficient (Wildman–Crippen LogP) is 2.02. The summed E-state index contributed by atoms with van der Waals surface area (Å²) in [5.74, 6) is 0.203. The van der Waals surface area contributed by atoms with E-state index in [9.17, 15) is 13.5 Å². The molecule has 1 aromatic rings. The maximum absolute atomic E-state index is 11.7. The number of hydrogen-bond acceptors (Lipinski definition) is 3. The lowest BCUT2D eigenvalue weighted by molar-refractivity contribution is 0.474. The van der Waals surface area contributed by atoms with E-state index in [2.05, 4.69) is 0 Å². The van der Waals surface area contributed by atoms with Gasteiger partial charge in [-0.15, -0.1) is 0 Å². The maximum atomic E-state index is 11.7. The fourth-order valence-electron chi connectivity index (χ4n) is 1.23. The lowest BCUT2D eigenvalue weighted by Gasteiger charge is -2.10. The Morgan fingerprint density at radius 3 is 2.40 bits per heavy atom. The first-order valence-corrected chi connectivity index (χ1v) is 6.54. The second-order valence-electron chi connectivity index (χ2n) is 3.97. The van der Waals surface area contributed by atoms with E-state index in [4.69, 9.17) is 0 Å². The summed E-state index contributed by atoms with van der Waals surface area (Å²) in [4.78, 5) is 0. The molecule has 3 nitrogen and oxygen atoms in total. The molecular weight excluding hydrogens is 212 g/mol. The highest BCUT2D eigenvalue weighted by Gasteiger charge is 2.17. The van der Waals surface area contributed by atoms with Crippen LogP contribution in [0.3, 0.4) is 0 Å². The summed E-state index contributed by atoms with van der Waals surface area (Å²) in [7, 11) is -3.07. The number of aromatic hydroxyl groups is 1. The molecule has 0 amide bonds. The molecule has 0 radical (unpaired) electrons. The third kappa shape index (κ3) is 2.96. The first-order chi connectivity index (χ1) is 6.83. The van der Waals surface area contributed by atoms with Gasteiger partial charge in [-0.25, -0.2) is 8.42 Å². The van der Waals surface area contributed by atoms with Crippen molar-refractivity contribution in [3.05, 3.63) is 29.3 Å². The summed E-state index contributed by atoms with van der Waals surface area (Å²) in [6.07, 6.45) is 0. The Bertz CT molecular complexity index is 447. The van der Waals surface area contributed by atoms with Gasteiger partial charge in [0.15, 0.2) is 9.84 Å². The molecule has 0 bridgehead atoms. The molecule has 1 rings (SSSR count). The highest BCUT2D eigenvalue weighted by Crippen LogP contribution is 2.19. The van der Waals surface area contributed by atoms with Crippen molar-refractivity contribution < 1.29 is 13.5 Å². The Morgan fingerprint density at radius 2 is 1.93 bits per heavy atom. The van der Waals surface area contributed by atoms with E-state index in [-0.39, 0.29) is 16.8 Å². The van der Waals surface area contributed by atoms with E-state index >= 15 is 0 Å². The maximum Gasteiger partial charge on any atom is 0.156 e. The van der Waals surface area contributed by atoms with Crippen LogP contribution < -0.4 is 0 Å². The van der Waals surface area contributed by atoms with Gasteiger partial charge in [-0.3, -0.25) is 0 Å². The first kappa shape index (κ1) is 12.0. The van der Waals surface area contributed by atoms with E-state index < -0.39 is 9.84 Å². The molecule has 0 aliphatic heterocycles. The minimum atomic E-state index is -3.07. The minimum Gasteiger partial charge on any atom is -0.508 e. The van der Waals surface area contributed by atoms with Gasteiger partial charge in [0.05, 0.1) is 11.0 Å². The Kier molecular flexibility index (Phi) is 3.39. The zero-order valence-corrected chi connectivity index (χ0v) is 10.0. The lowest BCUT2D eigenvalue weighted by Crippen LogP contribution is -2.16. The molecule has 0 aliphatic rings. The molecule has 0 unspecified atom stereocenters. The molecule has 0 fully saturated rings. The number of phenols is 1. The normalized spacial score (nSPS) is 12.0. The molecule has 15 heavy (non-hydrogen) atoms. The summed E-state index contributed by atoms with van der Waals surface area (Å²) in [5, 5.41) is 8.83. The Morgan fingerprint density at radius 1 is 1.33 bits per heavy atom. The molecule has 0 saturated heterocycles. The van der Waals surface area contributed by atoms with Crippen molar-refractivity contribution in [1.29, 1.82) is 0 Å². The van der Waals surface area contributed by atoms with Crippen molar-refractivity contribution in [2.75, 3.05) is 0 Å². The van der Waals surface area contributed by atoms with Crippen molar-refractivity contribution in [1.82, 2.24) is 0 Å². The number of sulfone groups is 1. The van der Waals surface area contributed by atoms with Gasteiger partial charge in [0.1, 0.15) is 5.75 Å². The number of phenolic OH excluding ortho intramolecular Hbond substituents is 1. The van der Waals surface area contributed by atoms with Crippen LogP contribution in [-0.4, -0.2) is 18.8 Å². The Hall–Kier alpha value is -1.03. The molecule has 0 heterocycles. The minimum absolute atomic E-state index is 0.0385. The predicted molar refractivity (Wildman–Crippen MR) is 60.6 cm³/mol. The molecule has 0 aliphatic carbocycles. The highest BCUT2D eigenvalue weighted by atomic mass is 32.2. The molecule has 0 spiro atoms. The smallest absolute Gasteiger partial charge is 0.156 e.